The van der Waals surface area contributed by atoms with E-state index < -0.39 is 20.8 Å². The Bertz CT molecular complexity index is 553. The van der Waals surface area contributed by atoms with Crippen LogP contribution in [0.25, 0.3) is 0 Å². The summed E-state index contributed by atoms with van der Waals surface area (Å²) in [4.78, 5) is 0.215. The van der Waals surface area contributed by atoms with E-state index in [0.717, 1.165) is 5.56 Å². The zero-order chi connectivity index (χ0) is 15.3. The SMILES string of the molecule is CC(N)c1ccc(S(=O)(=O)NCCC(C)S(C)=O)cc1. The van der Waals surface area contributed by atoms with Gasteiger partial charge in [-0.25, -0.2) is 13.1 Å². The van der Waals surface area contributed by atoms with Crippen LogP contribution in [-0.4, -0.2) is 30.7 Å². The first kappa shape index (κ1) is 17.3. The molecule has 0 aliphatic heterocycles. The van der Waals surface area contributed by atoms with Gasteiger partial charge in [-0.1, -0.05) is 19.1 Å². The Labute approximate surface area is 123 Å². The van der Waals surface area contributed by atoms with Gasteiger partial charge in [-0.15, -0.1) is 0 Å². The number of hydrogen-bond acceptors (Lipinski definition) is 4. The van der Waals surface area contributed by atoms with Crippen molar-refractivity contribution in [3.8, 4) is 0 Å². The molecule has 7 heteroatoms. The maximum absolute atomic E-state index is 12.0. The Balaban J connectivity index is 2.67. The van der Waals surface area contributed by atoms with Gasteiger partial charge in [-0.3, -0.25) is 4.21 Å². The van der Waals surface area contributed by atoms with E-state index in [2.05, 4.69) is 4.72 Å². The minimum absolute atomic E-state index is 0.0295. The van der Waals surface area contributed by atoms with Crippen molar-refractivity contribution in [1.29, 1.82) is 0 Å². The van der Waals surface area contributed by atoms with E-state index in [4.69, 9.17) is 5.73 Å². The summed E-state index contributed by atoms with van der Waals surface area (Å²) in [7, 11) is -4.45. The maximum atomic E-state index is 12.0. The zero-order valence-electron chi connectivity index (χ0n) is 12.0. The second kappa shape index (κ2) is 7.31. The third-order valence-electron chi connectivity index (χ3n) is 3.13. The molecule has 1 rings (SSSR count). The Morgan fingerprint density at radius 3 is 2.25 bits per heavy atom. The molecule has 0 fully saturated rings. The van der Waals surface area contributed by atoms with Crippen LogP contribution in [0.15, 0.2) is 29.2 Å². The molecule has 3 N–H and O–H groups in total. The quantitative estimate of drug-likeness (QED) is 0.789. The molecule has 0 spiro atoms. The first-order valence-electron chi connectivity index (χ1n) is 6.41. The van der Waals surface area contributed by atoms with Crippen molar-refractivity contribution in [2.24, 2.45) is 5.73 Å². The van der Waals surface area contributed by atoms with Crippen molar-refractivity contribution in [2.45, 2.75) is 36.5 Å². The van der Waals surface area contributed by atoms with Crippen LogP contribution in [0.4, 0.5) is 0 Å². The summed E-state index contributed by atoms with van der Waals surface area (Å²) in [6.07, 6.45) is 2.16. The Morgan fingerprint density at radius 1 is 1.25 bits per heavy atom. The molecule has 114 valence electrons. The van der Waals surface area contributed by atoms with Crippen LogP contribution in [0.1, 0.15) is 31.9 Å². The molecule has 0 saturated carbocycles. The lowest BCUT2D eigenvalue weighted by molar-refractivity contribution is 0.578. The first-order chi connectivity index (χ1) is 9.24. The molecule has 0 heterocycles. The highest BCUT2D eigenvalue weighted by atomic mass is 32.2. The molecule has 0 radical (unpaired) electrons. The fourth-order valence-electron chi connectivity index (χ4n) is 1.60. The molecule has 1 aromatic rings. The minimum Gasteiger partial charge on any atom is -0.324 e. The van der Waals surface area contributed by atoms with Crippen LogP contribution in [0.5, 0.6) is 0 Å². The molecule has 0 bridgehead atoms. The molecule has 0 aliphatic rings. The van der Waals surface area contributed by atoms with Crippen LogP contribution in [-0.2, 0) is 20.8 Å². The Hall–Kier alpha value is -0.760. The van der Waals surface area contributed by atoms with E-state index in [9.17, 15) is 12.6 Å². The third-order valence-corrected chi connectivity index (χ3v) is 5.97. The predicted octanol–water partition coefficient (Wildman–Crippen LogP) is 1.14. The molecule has 3 unspecified atom stereocenters. The van der Waals surface area contributed by atoms with Crippen LogP contribution < -0.4 is 10.5 Å². The molecule has 0 saturated heterocycles. The summed E-state index contributed by atoms with van der Waals surface area (Å²) in [6.45, 7) is 3.95. The summed E-state index contributed by atoms with van der Waals surface area (Å²) in [5.74, 6) is 0. The molecule has 1 aromatic carbocycles. The first-order valence-corrected chi connectivity index (χ1v) is 9.52. The highest BCUT2D eigenvalue weighted by molar-refractivity contribution is 7.89. The van der Waals surface area contributed by atoms with E-state index in [-0.39, 0.29) is 22.7 Å². The normalized spacial score (nSPS) is 16.6. The lowest BCUT2D eigenvalue weighted by Gasteiger charge is -2.11. The summed E-state index contributed by atoms with van der Waals surface area (Å²) in [5.41, 5.74) is 6.61. The van der Waals surface area contributed by atoms with Crippen LogP contribution in [0, 0.1) is 0 Å². The second-order valence-corrected chi connectivity index (χ2v) is 8.42. The lowest BCUT2D eigenvalue weighted by Crippen LogP contribution is -2.27. The number of benzene rings is 1. The van der Waals surface area contributed by atoms with Gasteiger partial charge in [0.2, 0.25) is 10.0 Å². The van der Waals surface area contributed by atoms with E-state index in [1.54, 1.807) is 30.5 Å². The van der Waals surface area contributed by atoms with Crippen molar-refractivity contribution in [2.75, 3.05) is 12.8 Å². The van der Waals surface area contributed by atoms with Gasteiger partial charge in [0.25, 0.3) is 0 Å². The van der Waals surface area contributed by atoms with Gasteiger partial charge in [-0.2, -0.15) is 0 Å². The van der Waals surface area contributed by atoms with E-state index in [1.165, 1.54) is 0 Å². The van der Waals surface area contributed by atoms with Gasteiger partial charge in [-0.05, 0) is 31.0 Å². The monoisotopic (exact) mass is 318 g/mol. The molecule has 0 aromatic heterocycles. The largest absolute Gasteiger partial charge is 0.324 e. The lowest BCUT2D eigenvalue weighted by atomic mass is 10.1. The van der Waals surface area contributed by atoms with E-state index in [0.29, 0.717) is 6.42 Å². The number of sulfonamides is 1. The van der Waals surface area contributed by atoms with Crippen molar-refractivity contribution in [3.63, 3.8) is 0 Å². The number of nitrogens with two attached hydrogens (primary N) is 1. The molecular weight excluding hydrogens is 296 g/mol. The number of hydrogen-bond donors (Lipinski definition) is 2. The van der Waals surface area contributed by atoms with Gasteiger partial charge < -0.3 is 5.73 Å². The fraction of sp³-hybridized carbons (Fsp3) is 0.538. The van der Waals surface area contributed by atoms with Gasteiger partial charge in [0, 0.05) is 34.9 Å². The average Bonchev–Trinajstić information content (AvgIpc) is 2.38. The second-order valence-electron chi connectivity index (χ2n) is 4.85. The molecule has 0 amide bonds. The Kier molecular flexibility index (Phi) is 6.32. The average molecular weight is 318 g/mol. The van der Waals surface area contributed by atoms with Crippen molar-refractivity contribution >= 4 is 20.8 Å². The zero-order valence-corrected chi connectivity index (χ0v) is 13.6. The van der Waals surface area contributed by atoms with Crippen LogP contribution >= 0.6 is 0 Å². The van der Waals surface area contributed by atoms with Gasteiger partial charge in [0.15, 0.2) is 0 Å². The molecule has 5 nitrogen and oxygen atoms in total. The van der Waals surface area contributed by atoms with Crippen molar-refractivity contribution < 1.29 is 12.6 Å². The fourth-order valence-corrected chi connectivity index (χ4v) is 3.09. The highest BCUT2D eigenvalue weighted by Crippen LogP contribution is 2.14. The van der Waals surface area contributed by atoms with Gasteiger partial charge in [0.1, 0.15) is 0 Å². The molecular formula is C13H22N2O3S2. The van der Waals surface area contributed by atoms with Crippen molar-refractivity contribution in [1.82, 2.24) is 4.72 Å². The number of nitrogens with one attached hydrogen (secondary N) is 1. The summed E-state index contributed by atoms with van der Waals surface area (Å²) in [5, 5.41) is -0.0295. The molecule has 20 heavy (non-hydrogen) atoms. The predicted molar refractivity (Wildman–Crippen MR) is 82.4 cm³/mol. The summed E-state index contributed by atoms with van der Waals surface area (Å²) < 4.78 is 37.8. The minimum atomic E-state index is -3.51. The van der Waals surface area contributed by atoms with Gasteiger partial charge >= 0.3 is 0 Å². The third kappa shape index (κ3) is 4.97. The summed E-state index contributed by atoms with van der Waals surface area (Å²) >= 11 is 0. The highest BCUT2D eigenvalue weighted by Gasteiger charge is 2.15. The smallest absolute Gasteiger partial charge is 0.240 e. The maximum Gasteiger partial charge on any atom is 0.240 e. The van der Waals surface area contributed by atoms with Crippen molar-refractivity contribution in [3.05, 3.63) is 29.8 Å². The van der Waals surface area contributed by atoms with E-state index >= 15 is 0 Å². The van der Waals surface area contributed by atoms with Crippen LogP contribution in [0.2, 0.25) is 0 Å². The molecule has 0 aliphatic carbocycles. The van der Waals surface area contributed by atoms with Gasteiger partial charge in [0.05, 0.1) is 4.90 Å². The standard InChI is InChI=1S/C13H22N2O3S2/c1-10(19(3)16)8-9-15-20(17,18)13-6-4-12(5-7-13)11(2)14/h4-7,10-11,15H,8-9,14H2,1-3H3. The van der Waals surface area contributed by atoms with E-state index in [1.807, 2.05) is 13.8 Å². The topological polar surface area (TPSA) is 89.3 Å². The Morgan fingerprint density at radius 2 is 1.80 bits per heavy atom. The molecule has 3 atom stereocenters. The number of rotatable bonds is 7. The summed E-state index contributed by atoms with van der Waals surface area (Å²) in [6, 6.07) is 6.39. The van der Waals surface area contributed by atoms with Crippen LogP contribution in [0.3, 0.4) is 0 Å².